The van der Waals surface area contributed by atoms with Crippen LogP contribution >= 0.6 is 23.2 Å². The van der Waals surface area contributed by atoms with Crippen LogP contribution in [0.25, 0.3) is 0 Å². The summed E-state index contributed by atoms with van der Waals surface area (Å²) in [6.07, 6.45) is 0.736. The fourth-order valence-electron chi connectivity index (χ4n) is 4.10. The van der Waals surface area contributed by atoms with E-state index in [-0.39, 0.29) is 29.9 Å². The summed E-state index contributed by atoms with van der Waals surface area (Å²) in [5.41, 5.74) is 3.50. The third kappa shape index (κ3) is 4.94. The highest BCUT2D eigenvalue weighted by atomic mass is 35.5. The molecule has 0 fully saturated rings. The lowest BCUT2D eigenvalue weighted by Crippen LogP contribution is -2.44. The van der Waals surface area contributed by atoms with Gasteiger partial charge in [-0.15, -0.1) is 0 Å². The summed E-state index contributed by atoms with van der Waals surface area (Å²) in [7, 11) is -3.95. The van der Waals surface area contributed by atoms with Gasteiger partial charge in [0.1, 0.15) is 0 Å². The van der Waals surface area contributed by atoms with Crippen molar-refractivity contribution >= 4 is 44.8 Å². The topological polar surface area (TPSA) is 57.7 Å². The summed E-state index contributed by atoms with van der Waals surface area (Å²) in [5.74, 6) is -0.275. The van der Waals surface area contributed by atoms with Crippen molar-refractivity contribution in [1.82, 2.24) is 4.31 Å². The van der Waals surface area contributed by atoms with E-state index < -0.39 is 10.0 Å². The maximum Gasteiger partial charge on any atom is 0.243 e. The molecule has 0 unspecified atom stereocenters. The van der Waals surface area contributed by atoms with Crippen molar-refractivity contribution in [1.29, 1.82) is 0 Å². The van der Waals surface area contributed by atoms with Crippen LogP contribution in [0.4, 0.5) is 5.69 Å². The number of hydrogen-bond acceptors (Lipinski definition) is 3. The van der Waals surface area contributed by atoms with Crippen LogP contribution in [0.3, 0.4) is 0 Å². The predicted octanol–water partition coefficient (Wildman–Crippen LogP) is 5.47. The maximum absolute atomic E-state index is 13.6. The number of carbonyl (C=O) groups is 1. The second kappa shape index (κ2) is 9.47. The van der Waals surface area contributed by atoms with E-state index in [4.69, 9.17) is 23.2 Å². The van der Waals surface area contributed by atoms with E-state index in [1.54, 1.807) is 47.4 Å². The lowest BCUT2D eigenvalue weighted by Gasteiger charge is -2.27. The lowest BCUT2D eigenvalue weighted by molar-refractivity contribution is -0.119. The minimum Gasteiger partial charge on any atom is -0.308 e. The van der Waals surface area contributed by atoms with Crippen LogP contribution in [0, 0.1) is 6.92 Å². The Morgan fingerprint density at radius 2 is 1.73 bits per heavy atom. The molecule has 0 bridgehead atoms. The zero-order chi connectivity index (χ0) is 23.8. The summed E-state index contributed by atoms with van der Waals surface area (Å²) in [6, 6.07) is 19.2. The minimum absolute atomic E-state index is 0.0112. The first-order valence-corrected chi connectivity index (χ1v) is 12.8. The number of anilines is 1. The van der Waals surface area contributed by atoms with Gasteiger partial charge >= 0.3 is 0 Å². The number of rotatable bonds is 6. The van der Waals surface area contributed by atoms with E-state index in [1.165, 1.54) is 4.31 Å². The number of sulfonamides is 1. The Balaban J connectivity index is 1.68. The van der Waals surface area contributed by atoms with Gasteiger partial charge in [0.05, 0.1) is 21.5 Å². The summed E-state index contributed by atoms with van der Waals surface area (Å²) >= 11 is 12.2. The number of nitrogens with zero attached hydrogens (tertiary/aromatic N) is 2. The zero-order valence-corrected chi connectivity index (χ0v) is 20.7. The van der Waals surface area contributed by atoms with Crippen molar-refractivity contribution in [2.45, 2.75) is 37.8 Å². The van der Waals surface area contributed by atoms with E-state index >= 15 is 0 Å². The number of aryl methyl sites for hydroxylation is 1. The molecule has 3 aromatic rings. The van der Waals surface area contributed by atoms with Gasteiger partial charge in [-0.1, -0.05) is 65.2 Å². The van der Waals surface area contributed by atoms with Gasteiger partial charge in [-0.25, -0.2) is 8.42 Å². The Morgan fingerprint density at radius 3 is 2.42 bits per heavy atom. The first-order valence-electron chi connectivity index (χ1n) is 10.6. The summed E-state index contributed by atoms with van der Waals surface area (Å²) in [4.78, 5) is 15.3. The standard InChI is InChI=1S/C25H24Cl2N2O3S/c1-17-7-10-21(11-8-17)33(31,32)28(15-19-9-12-22(26)23(27)14-19)16-25(30)29-18(2)13-20-5-3-4-6-24(20)29/h3-12,14,18H,13,15-16H2,1-2H3/t18-/m1/s1. The van der Waals surface area contributed by atoms with Crippen LogP contribution < -0.4 is 4.90 Å². The van der Waals surface area contributed by atoms with Crippen LogP contribution in [0.2, 0.25) is 10.0 Å². The number of benzene rings is 3. The molecule has 1 aliphatic heterocycles. The van der Waals surface area contributed by atoms with Gasteiger partial charge in [0.2, 0.25) is 15.9 Å². The number of para-hydroxylation sites is 1. The summed E-state index contributed by atoms with van der Waals surface area (Å²) < 4.78 is 28.3. The molecule has 1 heterocycles. The Labute approximate surface area is 204 Å². The molecule has 5 nitrogen and oxygen atoms in total. The molecule has 33 heavy (non-hydrogen) atoms. The lowest BCUT2D eigenvalue weighted by atomic mass is 10.1. The van der Waals surface area contributed by atoms with E-state index in [9.17, 15) is 13.2 Å². The van der Waals surface area contributed by atoms with Gasteiger partial charge in [-0.05, 0) is 61.7 Å². The van der Waals surface area contributed by atoms with E-state index in [1.807, 2.05) is 38.1 Å². The Bertz CT molecular complexity index is 1290. The molecule has 8 heteroatoms. The van der Waals surface area contributed by atoms with Crippen LogP contribution in [0.5, 0.6) is 0 Å². The second-order valence-electron chi connectivity index (χ2n) is 8.28. The molecule has 0 aliphatic carbocycles. The average molecular weight is 503 g/mol. The molecular weight excluding hydrogens is 479 g/mol. The van der Waals surface area contributed by atoms with Crippen molar-refractivity contribution < 1.29 is 13.2 Å². The zero-order valence-electron chi connectivity index (χ0n) is 18.3. The van der Waals surface area contributed by atoms with E-state index in [0.717, 1.165) is 23.2 Å². The average Bonchev–Trinajstić information content (AvgIpc) is 3.11. The Morgan fingerprint density at radius 1 is 1.03 bits per heavy atom. The number of hydrogen-bond donors (Lipinski definition) is 0. The monoisotopic (exact) mass is 502 g/mol. The molecule has 172 valence electrons. The number of amides is 1. The first-order chi connectivity index (χ1) is 15.7. The van der Waals surface area contributed by atoms with Crippen molar-refractivity contribution in [2.75, 3.05) is 11.4 Å². The van der Waals surface area contributed by atoms with Crippen LogP contribution in [-0.2, 0) is 27.8 Å². The molecule has 0 aromatic heterocycles. The van der Waals surface area contributed by atoms with Gasteiger partial charge in [-0.2, -0.15) is 4.31 Å². The van der Waals surface area contributed by atoms with Crippen molar-refractivity contribution in [3.05, 3.63) is 93.5 Å². The molecule has 1 atom stereocenters. The van der Waals surface area contributed by atoms with Crippen LogP contribution in [0.1, 0.15) is 23.6 Å². The quantitative estimate of drug-likeness (QED) is 0.448. The first kappa shape index (κ1) is 23.8. The predicted molar refractivity (Wildman–Crippen MR) is 132 cm³/mol. The molecule has 0 N–H and O–H groups in total. The third-order valence-corrected chi connectivity index (χ3v) is 8.33. The summed E-state index contributed by atoms with van der Waals surface area (Å²) in [6.45, 7) is 3.55. The van der Waals surface area contributed by atoms with Crippen molar-refractivity contribution in [3.8, 4) is 0 Å². The number of carbonyl (C=O) groups excluding carboxylic acids is 1. The van der Waals surface area contributed by atoms with Gasteiger partial charge in [-0.3, -0.25) is 4.79 Å². The molecule has 0 saturated carbocycles. The highest BCUT2D eigenvalue weighted by Gasteiger charge is 2.34. The van der Waals surface area contributed by atoms with Crippen molar-refractivity contribution in [2.24, 2.45) is 0 Å². The third-order valence-electron chi connectivity index (χ3n) is 5.79. The SMILES string of the molecule is Cc1ccc(S(=O)(=O)N(CC(=O)N2c3ccccc3C[C@H]2C)Cc2ccc(Cl)c(Cl)c2)cc1. The highest BCUT2D eigenvalue weighted by Crippen LogP contribution is 2.32. The largest absolute Gasteiger partial charge is 0.308 e. The molecule has 0 spiro atoms. The minimum atomic E-state index is -3.95. The normalized spacial score (nSPS) is 15.7. The fourth-order valence-corrected chi connectivity index (χ4v) is 5.80. The number of halogens is 2. The van der Waals surface area contributed by atoms with Gasteiger partial charge in [0.15, 0.2) is 0 Å². The van der Waals surface area contributed by atoms with Gasteiger partial charge in [0.25, 0.3) is 0 Å². The molecule has 4 rings (SSSR count). The summed E-state index contributed by atoms with van der Waals surface area (Å²) in [5, 5.41) is 0.710. The highest BCUT2D eigenvalue weighted by molar-refractivity contribution is 7.89. The second-order valence-corrected chi connectivity index (χ2v) is 11.0. The van der Waals surface area contributed by atoms with E-state index in [0.29, 0.717) is 15.6 Å². The molecule has 0 saturated heterocycles. The molecule has 0 radical (unpaired) electrons. The number of fused-ring (bicyclic) bond motifs is 1. The van der Waals surface area contributed by atoms with Crippen molar-refractivity contribution in [3.63, 3.8) is 0 Å². The maximum atomic E-state index is 13.6. The fraction of sp³-hybridized carbons (Fsp3) is 0.240. The molecule has 1 amide bonds. The van der Waals surface area contributed by atoms with E-state index in [2.05, 4.69) is 0 Å². The van der Waals surface area contributed by atoms with Crippen LogP contribution in [-0.4, -0.2) is 31.2 Å². The molecule has 1 aliphatic rings. The Hall–Kier alpha value is -2.38. The van der Waals surface area contributed by atoms with Crippen LogP contribution in [0.15, 0.2) is 71.6 Å². The molecular formula is C25H24Cl2N2O3S. The Kier molecular flexibility index (Phi) is 6.82. The molecule has 3 aromatic carbocycles. The van der Waals surface area contributed by atoms with Gasteiger partial charge in [0, 0.05) is 18.3 Å². The smallest absolute Gasteiger partial charge is 0.243 e. The van der Waals surface area contributed by atoms with Gasteiger partial charge < -0.3 is 4.90 Å².